The van der Waals surface area contributed by atoms with Gasteiger partial charge in [0.2, 0.25) is 0 Å². The largest absolute Gasteiger partial charge is 0.507 e. The van der Waals surface area contributed by atoms with Crippen LogP contribution in [0.5, 0.6) is 5.75 Å². The molecule has 2 aromatic heterocycles. The molecule has 9 rings (SSSR count). The van der Waals surface area contributed by atoms with Gasteiger partial charge in [-0.15, -0.1) is 29.3 Å². The summed E-state index contributed by atoms with van der Waals surface area (Å²) in [6.07, 6.45) is 1.84. The minimum atomic E-state index is -0.348. The standard InChI is InChI=1S/C65H63N4O.Pt/c1-62(2,3)48-27-29-57(53(37-48)42-22-17-14-18-23-42)69-58-25-19-24-52(59(58)68-61(69)54-38-50(64(7,8)9)39-55(60(54)70)65(10,11)12)45-33-46(35-49(34-45)63(4,5)6)56-36-44(30-31-67-56)43-26-28-51(47(32-43)40-66)41-20-15-13-16-21-41;/h13-32,34-39,70H,1-12H3;/q-1;. The SMILES string of the molecule is CC(C)(C)c1cc(-c2cc(-c3ccc(-c4ccccc4)c(C#N)c3)ccn2)[c-]c(-c2cccc3c2nc(-c2cc(C(C)(C)C)cc(C(C)(C)C)c2O)n3-c2ccc(C(C)(C)C)cc2-c2ccccc2)c1.[Pt]. The fourth-order valence-electron chi connectivity index (χ4n) is 9.33. The van der Waals surface area contributed by atoms with Crippen LogP contribution >= 0.6 is 0 Å². The zero-order chi connectivity index (χ0) is 49.9. The molecule has 0 fully saturated rings. The van der Waals surface area contributed by atoms with Crippen molar-refractivity contribution in [2.24, 2.45) is 0 Å². The second-order valence-corrected chi connectivity index (χ2v) is 22.8. The number of nitrogens with zero attached hydrogens (tertiary/aromatic N) is 4. The number of hydrogen-bond acceptors (Lipinski definition) is 4. The monoisotopic (exact) mass is 1110 g/mol. The van der Waals surface area contributed by atoms with Crippen LogP contribution in [-0.4, -0.2) is 19.6 Å². The van der Waals surface area contributed by atoms with Crippen molar-refractivity contribution in [1.82, 2.24) is 14.5 Å². The molecule has 0 aliphatic heterocycles. The molecule has 0 unspecified atom stereocenters. The zero-order valence-corrected chi connectivity index (χ0v) is 45.3. The average molecular weight is 1110 g/mol. The van der Waals surface area contributed by atoms with Gasteiger partial charge in [0, 0.05) is 44.1 Å². The van der Waals surface area contributed by atoms with Crippen LogP contribution in [-0.2, 0) is 42.7 Å². The minimum absolute atomic E-state index is 0. The molecule has 0 saturated carbocycles. The summed E-state index contributed by atoms with van der Waals surface area (Å²) in [7, 11) is 0. The number of fused-ring (bicyclic) bond motifs is 1. The number of aromatic hydroxyl groups is 1. The van der Waals surface area contributed by atoms with Crippen molar-refractivity contribution in [2.75, 3.05) is 0 Å². The molecule has 6 heteroatoms. The summed E-state index contributed by atoms with van der Waals surface area (Å²) in [6.45, 7) is 26.6. The van der Waals surface area contributed by atoms with Crippen LogP contribution < -0.4 is 0 Å². The van der Waals surface area contributed by atoms with Gasteiger partial charge in [0.15, 0.2) is 0 Å². The molecule has 0 atom stereocenters. The second-order valence-electron chi connectivity index (χ2n) is 22.8. The van der Waals surface area contributed by atoms with Crippen molar-refractivity contribution in [3.63, 3.8) is 0 Å². The van der Waals surface area contributed by atoms with Crippen molar-refractivity contribution in [3.05, 3.63) is 192 Å². The van der Waals surface area contributed by atoms with Gasteiger partial charge < -0.3 is 5.11 Å². The Morgan fingerprint density at radius 1 is 0.507 bits per heavy atom. The molecule has 9 aromatic rings. The summed E-state index contributed by atoms with van der Waals surface area (Å²) in [6, 6.07) is 59.0. The van der Waals surface area contributed by atoms with E-state index in [0.717, 1.165) is 89.2 Å². The number of phenolic OH excluding ortho intramolecular Hbond substituents is 1. The van der Waals surface area contributed by atoms with Gasteiger partial charge >= 0.3 is 0 Å². The maximum atomic E-state index is 12.6. The maximum Gasteiger partial charge on any atom is 0.148 e. The van der Waals surface area contributed by atoms with E-state index in [2.05, 4.69) is 203 Å². The van der Waals surface area contributed by atoms with E-state index in [0.29, 0.717) is 17.0 Å². The molecular formula is C65H63N4OPt-. The zero-order valence-electron chi connectivity index (χ0n) is 43.1. The van der Waals surface area contributed by atoms with E-state index in [9.17, 15) is 10.4 Å². The van der Waals surface area contributed by atoms with Crippen molar-refractivity contribution in [3.8, 4) is 84.7 Å². The van der Waals surface area contributed by atoms with E-state index in [1.54, 1.807) is 0 Å². The number of imidazole rings is 1. The number of benzene rings is 7. The van der Waals surface area contributed by atoms with Crippen molar-refractivity contribution in [2.45, 2.75) is 105 Å². The summed E-state index contributed by atoms with van der Waals surface area (Å²) in [4.78, 5) is 10.6. The van der Waals surface area contributed by atoms with Crippen LogP contribution in [0, 0.1) is 17.4 Å². The molecule has 7 aromatic carbocycles. The van der Waals surface area contributed by atoms with Gasteiger partial charge in [0.25, 0.3) is 0 Å². The predicted molar refractivity (Wildman–Crippen MR) is 291 cm³/mol. The maximum absolute atomic E-state index is 12.6. The quantitative estimate of drug-likeness (QED) is 0.161. The molecule has 2 heterocycles. The van der Waals surface area contributed by atoms with Gasteiger partial charge in [-0.1, -0.05) is 197 Å². The van der Waals surface area contributed by atoms with Crippen LogP contribution in [0.1, 0.15) is 111 Å². The molecule has 71 heavy (non-hydrogen) atoms. The van der Waals surface area contributed by atoms with Gasteiger partial charge in [0.1, 0.15) is 11.6 Å². The first-order valence-electron chi connectivity index (χ1n) is 24.3. The molecule has 360 valence electrons. The summed E-state index contributed by atoms with van der Waals surface area (Å²) >= 11 is 0. The van der Waals surface area contributed by atoms with Crippen LogP contribution in [0.15, 0.2) is 158 Å². The molecule has 0 aliphatic rings. The number of hydrogen-bond donors (Lipinski definition) is 1. The summed E-state index contributed by atoms with van der Waals surface area (Å²) in [5.41, 5.74) is 16.9. The summed E-state index contributed by atoms with van der Waals surface area (Å²) < 4.78 is 2.26. The third-order valence-corrected chi connectivity index (χ3v) is 13.5. The normalized spacial score (nSPS) is 12.2. The Bertz CT molecular complexity index is 3480. The predicted octanol–water partition coefficient (Wildman–Crippen LogP) is 17.0. The molecule has 0 amide bonds. The molecule has 0 radical (unpaired) electrons. The number of phenols is 1. The summed E-state index contributed by atoms with van der Waals surface area (Å²) in [5, 5.41) is 22.9. The molecule has 1 N–H and O–H groups in total. The first kappa shape index (κ1) is 50.5. The Morgan fingerprint density at radius 2 is 1.10 bits per heavy atom. The van der Waals surface area contributed by atoms with E-state index in [4.69, 9.17) is 9.97 Å². The van der Waals surface area contributed by atoms with Crippen LogP contribution in [0.3, 0.4) is 0 Å². The smallest absolute Gasteiger partial charge is 0.148 e. The van der Waals surface area contributed by atoms with Crippen LogP contribution in [0.2, 0.25) is 0 Å². The first-order valence-corrected chi connectivity index (χ1v) is 24.3. The third kappa shape index (κ3) is 10.1. The van der Waals surface area contributed by atoms with Gasteiger partial charge in [-0.05, 0) is 97.0 Å². The number of pyridine rings is 1. The molecule has 0 aliphatic carbocycles. The Kier molecular flexibility index (Phi) is 13.6. The van der Waals surface area contributed by atoms with Gasteiger partial charge in [-0.2, -0.15) is 5.26 Å². The van der Waals surface area contributed by atoms with E-state index in [1.807, 2.05) is 54.7 Å². The van der Waals surface area contributed by atoms with E-state index < -0.39 is 0 Å². The Hall–Kier alpha value is -6.86. The van der Waals surface area contributed by atoms with Gasteiger partial charge in [0.05, 0.1) is 33.9 Å². The Balaban J connectivity index is 0.00000676. The Labute approximate surface area is 435 Å². The number of aromatic nitrogens is 3. The van der Waals surface area contributed by atoms with Gasteiger partial charge in [-0.25, -0.2) is 4.98 Å². The molecule has 0 spiro atoms. The average Bonchev–Trinajstić information content (AvgIpc) is 3.72. The van der Waals surface area contributed by atoms with E-state index in [1.165, 1.54) is 5.56 Å². The van der Waals surface area contributed by atoms with E-state index >= 15 is 0 Å². The Morgan fingerprint density at radius 3 is 1.72 bits per heavy atom. The molecule has 0 saturated heterocycles. The number of nitriles is 1. The summed E-state index contributed by atoms with van der Waals surface area (Å²) in [5.74, 6) is 0.895. The minimum Gasteiger partial charge on any atom is -0.507 e. The van der Waals surface area contributed by atoms with Crippen molar-refractivity contribution in [1.29, 1.82) is 5.26 Å². The molecule has 0 bridgehead atoms. The molecule has 5 nitrogen and oxygen atoms in total. The van der Waals surface area contributed by atoms with Crippen LogP contribution in [0.25, 0.3) is 83.9 Å². The van der Waals surface area contributed by atoms with E-state index in [-0.39, 0.29) is 48.5 Å². The third-order valence-electron chi connectivity index (χ3n) is 13.5. The second kappa shape index (κ2) is 19.0. The fraction of sp³-hybridized carbons (Fsp3) is 0.246. The topological polar surface area (TPSA) is 74.7 Å². The van der Waals surface area contributed by atoms with Crippen molar-refractivity contribution < 1.29 is 26.2 Å². The molecular weight excluding hydrogens is 1050 g/mol. The van der Waals surface area contributed by atoms with Crippen LogP contribution in [0.4, 0.5) is 0 Å². The first-order chi connectivity index (χ1) is 33.1. The number of rotatable bonds is 7. The van der Waals surface area contributed by atoms with Crippen molar-refractivity contribution >= 4 is 11.0 Å². The van der Waals surface area contributed by atoms with Gasteiger partial charge in [-0.3, -0.25) is 9.55 Å². The number of para-hydroxylation sites is 1. The fourth-order valence-corrected chi connectivity index (χ4v) is 9.33.